The number of nitrogens with one attached hydrogen (secondary N) is 1. The molecule has 1 aliphatic rings. The number of nitrogens with zero attached hydrogens (tertiary/aromatic N) is 1. The van der Waals surface area contributed by atoms with Gasteiger partial charge in [-0.05, 0) is 40.5 Å². The predicted octanol–water partition coefficient (Wildman–Crippen LogP) is 3.06. The molecular weight excluding hydrogens is 310 g/mol. The molecular formula is C13H18BrN3S. The molecule has 18 heavy (non-hydrogen) atoms. The molecule has 1 aromatic rings. The van der Waals surface area contributed by atoms with Crippen molar-refractivity contribution in [3.05, 3.63) is 28.2 Å². The summed E-state index contributed by atoms with van der Waals surface area (Å²) in [7, 11) is 0. The molecule has 0 bridgehead atoms. The molecule has 1 aromatic carbocycles. The van der Waals surface area contributed by atoms with Crippen molar-refractivity contribution in [2.45, 2.75) is 18.6 Å². The summed E-state index contributed by atoms with van der Waals surface area (Å²) in [6.07, 6.45) is 1.22. The summed E-state index contributed by atoms with van der Waals surface area (Å²) >= 11 is 5.56. The minimum absolute atomic E-state index is 0.106. The van der Waals surface area contributed by atoms with E-state index in [1.54, 1.807) is 0 Å². The molecule has 1 saturated heterocycles. The summed E-state index contributed by atoms with van der Waals surface area (Å²) in [6.45, 7) is 4.44. The van der Waals surface area contributed by atoms with Gasteiger partial charge in [0.15, 0.2) is 0 Å². The summed E-state index contributed by atoms with van der Waals surface area (Å²) < 4.78 is 0.902. The average Bonchev–Trinajstić information content (AvgIpc) is 2.38. The number of anilines is 1. The highest BCUT2D eigenvalue weighted by Gasteiger charge is 2.19. The van der Waals surface area contributed by atoms with Crippen LogP contribution in [0.3, 0.4) is 0 Å². The lowest BCUT2D eigenvalue weighted by Gasteiger charge is -2.33. The maximum atomic E-state index is 7.48. The minimum atomic E-state index is 0.106. The second-order valence-corrected chi connectivity index (χ2v) is 6.69. The van der Waals surface area contributed by atoms with E-state index in [0.29, 0.717) is 0 Å². The van der Waals surface area contributed by atoms with Gasteiger partial charge in [0.25, 0.3) is 0 Å². The summed E-state index contributed by atoms with van der Waals surface area (Å²) in [6, 6.07) is 6.05. The van der Waals surface area contributed by atoms with E-state index in [1.165, 1.54) is 17.9 Å². The smallest absolute Gasteiger partial charge is 0.123 e. The standard InChI is InChI=1S/C13H18BrN3S/c1-2-10-8-17(5-6-18-10)9-3-4-11(13(15)16)12(14)7-9/h3-4,7,10H,2,5-6,8H2,1H3,(H3,15,16). The third-order valence-corrected chi connectivity index (χ3v) is 5.23. The Morgan fingerprint density at radius 3 is 3.00 bits per heavy atom. The topological polar surface area (TPSA) is 53.1 Å². The van der Waals surface area contributed by atoms with Crippen LogP contribution in [0.25, 0.3) is 0 Å². The number of amidine groups is 1. The van der Waals surface area contributed by atoms with Gasteiger partial charge in [0, 0.05) is 39.8 Å². The van der Waals surface area contributed by atoms with E-state index >= 15 is 0 Å². The Morgan fingerprint density at radius 1 is 1.61 bits per heavy atom. The third kappa shape index (κ3) is 3.01. The molecule has 1 atom stereocenters. The normalized spacial score (nSPS) is 19.9. The Bertz CT molecular complexity index is 450. The number of hydrogen-bond donors (Lipinski definition) is 2. The number of nitrogen functional groups attached to an aromatic ring is 1. The zero-order valence-electron chi connectivity index (χ0n) is 10.4. The van der Waals surface area contributed by atoms with E-state index < -0.39 is 0 Å². The summed E-state index contributed by atoms with van der Waals surface area (Å²) in [4.78, 5) is 2.42. The number of hydrogen-bond acceptors (Lipinski definition) is 3. The van der Waals surface area contributed by atoms with E-state index in [2.05, 4.69) is 51.6 Å². The molecule has 0 radical (unpaired) electrons. The van der Waals surface area contributed by atoms with E-state index in [1.807, 2.05) is 6.07 Å². The SMILES string of the molecule is CCC1CN(c2ccc(C(=N)N)c(Br)c2)CCS1. The molecule has 1 unspecified atom stereocenters. The summed E-state index contributed by atoms with van der Waals surface area (Å²) in [5.41, 5.74) is 7.50. The molecule has 0 aromatic heterocycles. The zero-order chi connectivity index (χ0) is 13.1. The van der Waals surface area contributed by atoms with Gasteiger partial charge in [-0.15, -0.1) is 0 Å². The Labute approximate surface area is 121 Å². The van der Waals surface area contributed by atoms with Gasteiger partial charge in [0.05, 0.1) is 0 Å². The molecule has 0 saturated carbocycles. The van der Waals surface area contributed by atoms with Gasteiger partial charge in [-0.2, -0.15) is 11.8 Å². The Morgan fingerprint density at radius 2 is 2.39 bits per heavy atom. The van der Waals surface area contributed by atoms with Gasteiger partial charge in [0.1, 0.15) is 5.84 Å². The quantitative estimate of drug-likeness (QED) is 0.662. The highest BCUT2D eigenvalue weighted by Crippen LogP contribution is 2.29. The van der Waals surface area contributed by atoms with Crippen molar-refractivity contribution in [1.29, 1.82) is 5.41 Å². The second-order valence-electron chi connectivity index (χ2n) is 4.42. The van der Waals surface area contributed by atoms with Crippen molar-refractivity contribution in [2.24, 2.45) is 5.73 Å². The fourth-order valence-corrected chi connectivity index (χ4v) is 3.88. The first-order chi connectivity index (χ1) is 8.61. The molecule has 0 amide bonds. The molecule has 1 heterocycles. The van der Waals surface area contributed by atoms with Crippen molar-refractivity contribution >= 4 is 39.2 Å². The van der Waals surface area contributed by atoms with E-state index in [0.717, 1.165) is 28.4 Å². The van der Waals surface area contributed by atoms with Crippen LogP contribution in [0, 0.1) is 5.41 Å². The van der Waals surface area contributed by atoms with Crippen LogP contribution in [0.2, 0.25) is 0 Å². The van der Waals surface area contributed by atoms with Gasteiger partial charge < -0.3 is 10.6 Å². The van der Waals surface area contributed by atoms with Crippen LogP contribution in [-0.4, -0.2) is 29.9 Å². The molecule has 3 nitrogen and oxygen atoms in total. The Kier molecular flexibility index (Phi) is 4.56. The number of thioether (sulfide) groups is 1. The monoisotopic (exact) mass is 327 g/mol. The first-order valence-corrected chi connectivity index (χ1v) is 7.96. The number of nitrogens with two attached hydrogens (primary N) is 1. The second kappa shape index (κ2) is 5.97. The Balaban J connectivity index is 2.18. The highest BCUT2D eigenvalue weighted by molar-refractivity contribution is 9.10. The lowest BCUT2D eigenvalue weighted by molar-refractivity contribution is 0.728. The van der Waals surface area contributed by atoms with Crippen LogP contribution in [0.5, 0.6) is 0 Å². The van der Waals surface area contributed by atoms with Crippen LogP contribution in [-0.2, 0) is 0 Å². The first-order valence-electron chi connectivity index (χ1n) is 6.12. The summed E-state index contributed by atoms with van der Waals surface area (Å²) in [5.74, 6) is 1.29. The molecule has 2 rings (SSSR count). The average molecular weight is 328 g/mol. The van der Waals surface area contributed by atoms with Gasteiger partial charge in [-0.3, -0.25) is 5.41 Å². The van der Waals surface area contributed by atoms with Crippen molar-refractivity contribution in [1.82, 2.24) is 0 Å². The molecule has 1 aliphatic heterocycles. The van der Waals surface area contributed by atoms with Gasteiger partial charge in [0.2, 0.25) is 0 Å². The first kappa shape index (κ1) is 13.7. The number of halogens is 1. The molecule has 5 heteroatoms. The van der Waals surface area contributed by atoms with E-state index in [9.17, 15) is 0 Å². The number of benzene rings is 1. The van der Waals surface area contributed by atoms with Crippen molar-refractivity contribution in [3.63, 3.8) is 0 Å². The lowest BCUT2D eigenvalue weighted by atomic mass is 10.1. The van der Waals surface area contributed by atoms with E-state index in [4.69, 9.17) is 11.1 Å². The van der Waals surface area contributed by atoms with Gasteiger partial charge in [-0.25, -0.2) is 0 Å². The fraction of sp³-hybridized carbons (Fsp3) is 0.462. The summed E-state index contributed by atoms with van der Waals surface area (Å²) in [5, 5.41) is 8.21. The van der Waals surface area contributed by atoms with Crippen LogP contribution >= 0.6 is 27.7 Å². The zero-order valence-corrected chi connectivity index (χ0v) is 12.9. The van der Waals surface area contributed by atoms with Gasteiger partial charge in [-0.1, -0.05) is 6.92 Å². The lowest BCUT2D eigenvalue weighted by Crippen LogP contribution is -2.37. The van der Waals surface area contributed by atoms with E-state index in [-0.39, 0.29) is 5.84 Å². The van der Waals surface area contributed by atoms with Crippen LogP contribution in [0.4, 0.5) is 5.69 Å². The molecule has 0 spiro atoms. The van der Waals surface area contributed by atoms with Crippen molar-refractivity contribution in [2.75, 3.05) is 23.7 Å². The maximum absolute atomic E-state index is 7.48. The minimum Gasteiger partial charge on any atom is -0.384 e. The van der Waals surface area contributed by atoms with Crippen molar-refractivity contribution in [3.8, 4) is 0 Å². The highest BCUT2D eigenvalue weighted by atomic mass is 79.9. The van der Waals surface area contributed by atoms with Crippen LogP contribution < -0.4 is 10.6 Å². The Hall–Kier alpha value is -0.680. The van der Waals surface area contributed by atoms with Crippen LogP contribution in [0.1, 0.15) is 18.9 Å². The van der Waals surface area contributed by atoms with Crippen molar-refractivity contribution < 1.29 is 0 Å². The predicted molar refractivity (Wildman–Crippen MR) is 83.9 cm³/mol. The largest absolute Gasteiger partial charge is 0.384 e. The molecule has 3 N–H and O–H groups in total. The maximum Gasteiger partial charge on any atom is 0.123 e. The third-order valence-electron chi connectivity index (χ3n) is 3.20. The fourth-order valence-electron chi connectivity index (χ4n) is 2.12. The molecule has 98 valence electrons. The molecule has 0 aliphatic carbocycles. The van der Waals surface area contributed by atoms with Crippen LogP contribution in [0.15, 0.2) is 22.7 Å². The van der Waals surface area contributed by atoms with Gasteiger partial charge >= 0.3 is 0 Å². The number of rotatable bonds is 3. The molecule has 1 fully saturated rings.